The van der Waals surface area contributed by atoms with Crippen LogP contribution in [0.3, 0.4) is 0 Å². The zero-order chi connectivity index (χ0) is 17.2. The number of halogens is 1. The molecule has 1 aromatic heterocycles. The summed E-state index contributed by atoms with van der Waals surface area (Å²) in [5.74, 6) is 0.636. The minimum Gasteiger partial charge on any atom is -0.379 e. The molecule has 0 aliphatic heterocycles. The number of nitrogens with zero attached hydrogens (tertiary/aromatic N) is 1. The summed E-state index contributed by atoms with van der Waals surface area (Å²) in [6, 6.07) is 22.7. The number of nitrogens with one attached hydrogen (secondary N) is 2. The molecule has 0 saturated carbocycles. The van der Waals surface area contributed by atoms with Crippen LogP contribution >= 0.6 is 0 Å². The molecule has 0 spiro atoms. The number of H-pyrrole nitrogens is 1. The van der Waals surface area contributed by atoms with Gasteiger partial charge in [-0.25, -0.2) is 9.37 Å². The van der Waals surface area contributed by atoms with E-state index in [2.05, 4.69) is 15.3 Å². The number of para-hydroxylation sites is 2. The number of hydrogen-bond acceptors (Lipinski definition) is 2. The number of fused-ring (bicyclic) bond motifs is 1. The van der Waals surface area contributed by atoms with Crippen LogP contribution in [0.2, 0.25) is 0 Å². The van der Waals surface area contributed by atoms with Gasteiger partial charge in [0.25, 0.3) is 0 Å². The number of aromatic nitrogens is 2. The zero-order valence-corrected chi connectivity index (χ0v) is 13.8. The third-order valence-electron chi connectivity index (χ3n) is 4.28. The Labute approximate surface area is 145 Å². The first-order chi connectivity index (χ1) is 12.2. The van der Waals surface area contributed by atoms with Crippen molar-refractivity contribution in [2.45, 2.75) is 13.0 Å². The zero-order valence-electron chi connectivity index (χ0n) is 13.8. The summed E-state index contributed by atoms with van der Waals surface area (Å²) in [7, 11) is 0. The number of rotatable bonds is 4. The van der Waals surface area contributed by atoms with E-state index in [-0.39, 0.29) is 11.9 Å². The molecule has 0 aliphatic rings. The minimum atomic E-state index is -0.216. The molecule has 4 heteroatoms. The largest absolute Gasteiger partial charge is 0.379 e. The highest BCUT2D eigenvalue weighted by Gasteiger charge is 2.08. The van der Waals surface area contributed by atoms with Gasteiger partial charge in [0.05, 0.1) is 11.0 Å². The predicted octanol–water partition coefficient (Wildman–Crippen LogP) is 5.54. The fraction of sp³-hybridized carbons (Fsp3) is 0.0952. The molecular formula is C21H18FN3. The van der Waals surface area contributed by atoms with E-state index >= 15 is 0 Å². The van der Waals surface area contributed by atoms with Crippen LogP contribution in [0.4, 0.5) is 10.1 Å². The maximum atomic E-state index is 13.4. The molecule has 0 amide bonds. The van der Waals surface area contributed by atoms with Gasteiger partial charge in [-0.15, -0.1) is 0 Å². The maximum Gasteiger partial charge on any atom is 0.138 e. The van der Waals surface area contributed by atoms with Crippen LogP contribution in [-0.2, 0) is 0 Å². The first kappa shape index (κ1) is 15.4. The first-order valence-corrected chi connectivity index (χ1v) is 8.26. The predicted molar refractivity (Wildman–Crippen MR) is 100.0 cm³/mol. The number of hydrogen-bond donors (Lipinski definition) is 2. The Balaban J connectivity index is 1.53. The van der Waals surface area contributed by atoms with Crippen molar-refractivity contribution >= 4 is 16.7 Å². The second-order valence-electron chi connectivity index (χ2n) is 6.10. The Bertz CT molecular complexity index is 972. The molecule has 1 unspecified atom stereocenters. The standard InChI is InChI=1S/C21H18FN3/c1-14(16-5-4-6-17(22)13-16)23-18-11-9-15(10-12-18)21-24-19-7-2-3-8-20(19)25-21/h2-14,23H,1H3,(H,24,25). The van der Waals surface area contributed by atoms with Gasteiger partial charge in [-0.2, -0.15) is 0 Å². The lowest BCUT2D eigenvalue weighted by atomic mass is 10.1. The van der Waals surface area contributed by atoms with Crippen molar-refractivity contribution in [1.82, 2.24) is 9.97 Å². The van der Waals surface area contributed by atoms with E-state index in [1.165, 1.54) is 6.07 Å². The van der Waals surface area contributed by atoms with Crippen LogP contribution in [0.15, 0.2) is 72.8 Å². The average Bonchev–Trinajstić information content (AvgIpc) is 3.06. The molecule has 4 aromatic rings. The minimum absolute atomic E-state index is 0.0211. The molecule has 2 N–H and O–H groups in total. The summed E-state index contributed by atoms with van der Waals surface area (Å²) in [4.78, 5) is 7.94. The molecule has 1 atom stereocenters. The second kappa shape index (κ2) is 6.40. The molecule has 0 radical (unpaired) electrons. The number of imidazole rings is 1. The van der Waals surface area contributed by atoms with E-state index < -0.39 is 0 Å². The summed E-state index contributed by atoms with van der Waals surface area (Å²) in [6.45, 7) is 2.02. The summed E-state index contributed by atoms with van der Waals surface area (Å²) in [5.41, 5.74) is 4.91. The van der Waals surface area contributed by atoms with Gasteiger partial charge in [0, 0.05) is 17.3 Å². The molecule has 0 bridgehead atoms. The van der Waals surface area contributed by atoms with Gasteiger partial charge >= 0.3 is 0 Å². The molecule has 0 aliphatic carbocycles. The Morgan fingerprint density at radius 1 is 0.960 bits per heavy atom. The molecule has 3 aromatic carbocycles. The van der Waals surface area contributed by atoms with Crippen molar-refractivity contribution in [1.29, 1.82) is 0 Å². The van der Waals surface area contributed by atoms with Crippen molar-refractivity contribution in [2.24, 2.45) is 0 Å². The fourth-order valence-corrected chi connectivity index (χ4v) is 2.92. The third-order valence-corrected chi connectivity index (χ3v) is 4.28. The highest BCUT2D eigenvalue weighted by molar-refractivity contribution is 5.79. The number of anilines is 1. The smallest absolute Gasteiger partial charge is 0.138 e. The molecule has 0 fully saturated rings. The van der Waals surface area contributed by atoms with E-state index in [9.17, 15) is 4.39 Å². The normalized spacial score (nSPS) is 12.2. The highest BCUT2D eigenvalue weighted by atomic mass is 19.1. The fourth-order valence-electron chi connectivity index (χ4n) is 2.92. The topological polar surface area (TPSA) is 40.7 Å². The number of benzene rings is 3. The van der Waals surface area contributed by atoms with Gasteiger partial charge < -0.3 is 10.3 Å². The third kappa shape index (κ3) is 3.24. The van der Waals surface area contributed by atoms with Crippen LogP contribution in [0.1, 0.15) is 18.5 Å². The monoisotopic (exact) mass is 331 g/mol. The summed E-state index contributed by atoms with van der Waals surface area (Å²) < 4.78 is 13.4. The van der Waals surface area contributed by atoms with Gasteiger partial charge in [0.15, 0.2) is 0 Å². The molecular weight excluding hydrogens is 313 g/mol. The average molecular weight is 331 g/mol. The van der Waals surface area contributed by atoms with Gasteiger partial charge in [0.1, 0.15) is 11.6 Å². The molecule has 1 heterocycles. The summed E-state index contributed by atoms with van der Waals surface area (Å²) in [6.07, 6.45) is 0. The van der Waals surface area contributed by atoms with Gasteiger partial charge in [-0.1, -0.05) is 24.3 Å². The SMILES string of the molecule is CC(Nc1ccc(-c2nc3ccccc3[nH]2)cc1)c1cccc(F)c1. The summed E-state index contributed by atoms with van der Waals surface area (Å²) >= 11 is 0. The molecule has 0 saturated heterocycles. The lowest BCUT2D eigenvalue weighted by Crippen LogP contribution is -2.06. The maximum absolute atomic E-state index is 13.4. The van der Waals surface area contributed by atoms with Crippen molar-refractivity contribution in [3.05, 3.63) is 84.2 Å². The Morgan fingerprint density at radius 2 is 1.76 bits per heavy atom. The highest BCUT2D eigenvalue weighted by Crippen LogP contribution is 2.24. The Kier molecular flexibility index (Phi) is 3.94. The quantitative estimate of drug-likeness (QED) is 0.515. The summed E-state index contributed by atoms with van der Waals surface area (Å²) in [5, 5.41) is 3.39. The van der Waals surface area contributed by atoms with Gasteiger partial charge in [0.2, 0.25) is 0 Å². The van der Waals surface area contributed by atoms with E-state index in [0.717, 1.165) is 33.7 Å². The van der Waals surface area contributed by atoms with E-state index in [0.29, 0.717) is 0 Å². The Morgan fingerprint density at radius 3 is 2.52 bits per heavy atom. The Hall–Kier alpha value is -3.14. The van der Waals surface area contributed by atoms with E-state index in [4.69, 9.17) is 0 Å². The first-order valence-electron chi connectivity index (χ1n) is 8.26. The van der Waals surface area contributed by atoms with E-state index in [1.807, 2.05) is 61.5 Å². The van der Waals surface area contributed by atoms with Crippen molar-refractivity contribution in [3.63, 3.8) is 0 Å². The van der Waals surface area contributed by atoms with Crippen molar-refractivity contribution < 1.29 is 4.39 Å². The molecule has 124 valence electrons. The van der Waals surface area contributed by atoms with Gasteiger partial charge in [-0.3, -0.25) is 0 Å². The lowest BCUT2D eigenvalue weighted by molar-refractivity contribution is 0.623. The van der Waals surface area contributed by atoms with Crippen LogP contribution in [0.25, 0.3) is 22.4 Å². The second-order valence-corrected chi connectivity index (χ2v) is 6.10. The van der Waals surface area contributed by atoms with Crippen LogP contribution in [0, 0.1) is 5.82 Å². The number of aromatic amines is 1. The van der Waals surface area contributed by atoms with Crippen LogP contribution in [0.5, 0.6) is 0 Å². The lowest BCUT2D eigenvalue weighted by Gasteiger charge is -2.16. The molecule has 4 rings (SSSR count). The van der Waals surface area contributed by atoms with Crippen LogP contribution in [-0.4, -0.2) is 9.97 Å². The van der Waals surface area contributed by atoms with Crippen LogP contribution < -0.4 is 5.32 Å². The van der Waals surface area contributed by atoms with Crippen molar-refractivity contribution in [3.8, 4) is 11.4 Å². The van der Waals surface area contributed by atoms with Crippen molar-refractivity contribution in [2.75, 3.05) is 5.32 Å². The van der Waals surface area contributed by atoms with E-state index in [1.54, 1.807) is 12.1 Å². The van der Waals surface area contributed by atoms with Gasteiger partial charge in [-0.05, 0) is 61.0 Å². The molecule has 3 nitrogen and oxygen atoms in total. The molecule has 25 heavy (non-hydrogen) atoms.